The van der Waals surface area contributed by atoms with Crippen molar-refractivity contribution in [2.24, 2.45) is 5.73 Å². The fourth-order valence-corrected chi connectivity index (χ4v) is 1.72. The van der Waals surface area contributed by atoms with Crippen molar-refractivity contribution in [1.29, 1.82) is 0 Å². The predicted octanol–water partition coefficient (Wildman–Crippen LogP) is 2.95. The van der Waals surface area contributed by atoms with Crippen LogP contribution in [0.3, 0.4) is 0 Å². The molecule has 20 heavy (non-hydrogen) atoms. The largest absolute Gasteiger partial charge is 0.418 e. The number of alkyl halides is 3. The minimum atomic E-state index is -4.50. The number of rotatable bonds is 5. The zero-order valence-corrected chi connectivity index (χ0v) is 11.1. The molecule has 7 heteroatoms. The zero-order valence-electron chi connectivity index (χ0n) is 11.1. The second-order valence-corrected chi connectivity index (χ2v) is 4.47. The Morgan fingerprint density at radius 3 is 2.60 bits per heavy atom. The summed E-state index contributed by atoms with van der Waals surface area (Å²) in [4.78, 5) is 11.6. The summed E-state index contributed by atoms with van der Waals surface area (Å²) in [6.07, 6.45) is -3.10. The van der Waals surface area contributed by atoms with Crippen LogP contribution >= 0.6 is 0 Å². The molecule has 112 valence electrons. The maximum Gasteiger partial charge on any atom is 0.418 e. The maximum atomic E-state index is 12.7. The summed E-state index contributed by atoms with van der Waals surface area (Å²) >= 11 is 0. The van der Waals surface area contributed by atoms with Crippen molar-refractivity contribution in [3.8, 4) is 0 Å². The number of amides is 2. The van der Waals surface area contributed by atoms with Gasteiger partial charge >= 0.3 is 12.2 Å². The van der Waals surface area contributed by atoms with E-state index in [2.05, 4.69) is 10.6 Å². The van der Waals surface area contributed by atoms with Crippen LogP contribution in [0.2, 0.25) is 0 Å². The normalized spacial score (nSPS) is 12.8. The van der Waals surface area contributed by atoms with E-state index in [9.17, 15) is 18.0 Å². The van der Waals surface area contributed by atoms with Crippen LogP contribution in [0.25, 0.3) is 0 Å². The third kappa shape index (κ3) is 5.08. The Labute approximate surface area is 115 Å². The van der Waals surface area contributed by atoms with Gasteiger partial charge in [0.1, 0.15) is 0 Å². The number of urea groups is 1. The van der Waals surface area contributed by atoms with E-state index in [1.54, 1.807) is 6.92 Å². The number of hydrogen-bond acceptors (Lipinski definition) is 2. The minimum absolute atomic E-state index is 0.156. The number of nitrogens with one attached hydrogen (secondary N) is 2. The van der Waals surface area contributed by atoms with Gasteiger partial charge in [0, 0.05) is 6.04 Å². The number of carbonyl (C=O) groups excluding carboxylic acids is 1. The first-order chi connectivity index (χ1) is 9.34. The summed E-state index contributed by atoms with van der Waals surface area (Å²) in [5.74, 6) is 0. The van der Waals surface area contributed by atoms with Crippen molar-refractivity contribution in [2.75, 3.05) is 11.9 Å². The SMILES string of the molecule is CC(CCCN)NC(=O)Nc1ccccc1C(F)(F)F. The molecule has 0 spiro atoms. The third-order valence-corrected chi connectivity index (χ3v) is 2.70. The quantitative estimate of drug-likeness (QED) is 0.780. The highest BCUT2D eigenvalue weighted by Gasteiger charge is 2.33. The van der Waals surface area contributed by atoms with Crippen LogP contribution in [-0.4, -0.2) is 18.6 Å². The number of nitrogens with two attached hydrogens (primary N) is 1. The van der Waals surface area contributed by atoms with Crippen LogP contribution in [0.4, 0.5) is 23.7 Å². The van der Waals surface area contributed by atoms with Crippen molar-refractivity contribution in [2.45, 2.75) is 32.0 Å². The first-order valence-corrected chi connectivity index (χ1v) is 6.28. The highest BCUT2D eigenvalue weighted by molar-refractivity contribution is 5.90. The van der Waals surface area contributed by atoms with Crippen molar-refractivity contribution in [3.63, 3.8) is 0 Å². The fourth-order valence-electron chi connectivity index (χ4n) is 1.72. The molecule has 1 aromatic rings. The second kappa shape index (κ2) is 7.14. The Kier molecular flexibility index (Phi) is 5.82. The van der Waals surface area contributed by atoms with Gasteiger partial charge in [-0.2, -0.15) is 13.2 Å². The van der Waals surface area contributed by atoms with Crippen molar-refractivity contribution >= 4 is 11.7 Å². The highest BCUT2D eigenvalue weighted by Crippen LogP contribution is 2.34. The van der Waals surface area contributed by atoms with Crippen LogP contribution in [0, 0.1) is 0 Å². The molecule has 0 bridgehead atoms. The van der Waals surface area contributed by atoms with E-state index in [1.807, 2.05) is 0 Å². The molecule has 0 radical (unpaired) electrons. The van der Waals surface area contributed by atoms with E-state index in [0.717, 1.165) is 12.5 Å². The zero-order chi connectivity index (χ0) is 15.2. The Bertz CT molecular complexity index is 449. The molecule has 0 fully saturated rings. The van der Waals surface area contributed by atoms with Gasteiger partial charge in [0.2, 0.25) is 0 Å². The second-order valence-electron chi connectivity index (χ2n) is 4.47. The molecular formula is C13H18F3N3O. The van der Waals surface area contributed by atoms with Crippen LogP contribution in [0.15, 0.2) is 24.3 Å². The molecule has 1 aromatic carbocycles. The Balaban J connectivity index is 2.67. The minimum Gasteiger partial charge on any atom is -0.335 e. The van der Waals surface area contributed by atoms with Crippen LogP contribution in [-0.2, 0) is 6.18 Å². The highest BCUT2D eigenvalue weighted by atomic mass is 19.4. The van der Waals surface area contributed by atoms with E-state index in [1.165, 1.54) is 18.2 Å². The van der Waals surface area contributed by atoms with Gasteiger partial charge in [0.05, 0.1) is 11.3 Å². The van der Waals surface area contributed by atoms with Gasteiger partial charge < -0.3 is 16.4 Å². The molecule has 0 aromatic heterocycles. The number of carbonyl (C=O) groups is 1. The van der Waals surface area contributed by atoms with Gasteiger partial charge in [-0.25, -0.2) is 4.79 Å². The van der Waals surface area contributed by atoms with Gasteiger partial charge in [-0.3, -0.25) is 0 Å². The molecule has 4 N–H and O–H groups in total. The summed E-state index contributed by atoms with van der Waals surface area (Å²) in [7, 11) is 0. The number of anilines is 1. The summed E-state index contributed by atoms with van der Waals surface area (Å²) in [5.41, 5.74) is 4.21. The van der Waals surface area contributed by atoms with Crippen LogP contribution < -0.4 is 16.4 Å². The summed E-state index contributed by atoms with van der Waals surface area (Å²) in [5, 5.41) is 4.79. The van der Waals surface area contributed by atoms with E-state index in [0.29, 0.717) is 13.0 Å². The summed E-state index contributed by atoms with van der Waals surface area (Å²) < 4.78 is 38.2. The number of benzene rings is 1. The summed E-state index contributed by atoms with van der Waals surface area (Å²) in [6.45, 7) is 2.27. The lowest BCUT2D eigenvalue weighted by Crippen LogP contribution is -2.36. The average molecular weight is 289 g/mol. The topological polar surface area (TPSA) is 67.1 Å². The van der Waals surface area contributed by atoms with Crippen LogP contribution in [0.1, 0.15) is 25.3 Å². The molecular weight excluding hydrogens is 271 g/mol. The van der Waals surface area contributed by atoms with E-state index in [-0.39, 0.29) is 11.7 Å². The third-order valence-electron chi connectivity index (χ3n) is 2.70. The maximum absolute atomic E-state index is 12.7. The fraction of sp³-hybridized carbons (Fsp3) is 0.462. The van der Waals surface area contributed by atoms with E-state index >= 15 is 0 Å². The number of para-hydroxylation sites is 1. The molecule has 1 unspecified atom stereocenters. The lowest BCUT2D eigenvalue weighted by atomic mass is 10.1. The summed E-state index contributed by atoms with van der Waals surface area (Å²) in [6, 6.07) is 4.03. The van der Waals surface area contributed by atoms with Gasteiger partial charge in [-0.15, -0.1) is 0 Å². The van der Waals surface area contributed by atoms with E-state index < -0.39 is 17.8 Å². The van der Waals surface area contributed by atoms with Gasteiger partial charge in [0.15, 0.2) is 0 Å². The first kappa shape index (κ1) is 16.3. The van der Waals surface area contributed by atoms with E-state index in [4.69, 9.17) is 5.73 Å². The molecule has 4 nitrogen and oxygen atoms in total. The molecule has 2 amide bonds. The number of hydrogen-bond donors (Lipinski definition) is 3. The van der Waals surface area contributed by atoms with Gasteiger partial charge in [-0.05, 0) is 38.4 Å². The lowest BCUT2D eigenvalue weighted by molar-refractivity contribution is -0.136. The van der Waals surface area contributed by atoms with Crippen molar-refractivity contribution in [3.05, 3.63) is 29.8 Å². The van der Waals surface area contributed by atoms with Crippen molar-refractivity contribution < 1.29 is 18.0 Å². The molecule has 0 saturated carbocycles. The van der Waals surface area contributed by atoms with Gasteiger partial charge in [0.25, 0.3) is 0 Å². The molecule has 0 saturated heterocycles. The molecule has 1 atom stereocenters. The molecule has 0 aliphatic heterocycles. The predicted molar refractivity (Wildman–Crippen MR) is 71.3 cm³/mol. The van der Waals surface area contributed by atoms with Gasteiger partial charge in [-0.1, -0.05) is 12.1 Å². The lowest BCUT2D eigenvalue weighted by Gasteiger charge is -2.16. The Morgan fingerprint density at radius 2 is 2.00 bits per heavy atom. The molecule has 0 heterocycles. The smallest absolute Gasteiger partial charge is 0.335 e. The molecule has 1 rings (SSSR count). The Morgan fingerprint density at radius 1 is 1.35 bits per heavy atom. The number of halogens is 3. The standard InChI is InChI=1S/C13H18F3N3O/c1-9(5-4-8-17)18-12(20)19-11-7-3-2-6-10(11)13(14,15)16/h2-3,6-7,9H,4-5,8,17H2,1H3,(H2,18,19,20). The molecule has 0 aliphatic carbocycles. The van der Waals surface area contributed by atoms with Crippen LogP contribution in [0.5, 0.6) is 0 Å². The van der Waals surface area contributed by atoms with Crippen molar-refractivity contribution in [1.82, 2.24) is 5.32 Å². The average Bonchev–Trinajstić information content (AvgIpc) is 2.35. The monoisotopic (exact) mass is 289 g/mol. The first-order valence-electron chi connectivity index (χ1n) is 6.28. The Hall–Kier alpha value is -1.76. The molecule has 0 aliphatic rings.